The lowest BCUT2D eigenvalue weighted by molar-refractivity contribution is -0.139. The maximum Gasteiger partial charge on any atom is 0.232 e. The van der Waals surface area contributed by atoms with Gasteiger partial charge in [-0.2, -0.15) is 0 Å². The summed E-state index contributed by atoms with van der Waals surface area (Å²) < 4.78 is 0. The van der Waals surface area contributed by atoms with Crippen LogP contribution in [0.5, 0.6) is 0 Å². The van der Waals surface area contributed by atoms with Crippen molar-refractivity contribution in [2.45, 2.75) is 27.2 Å². The van der Waals surface area contributed by atoms with Crippen molar-refractivity contribution < 1.29 is 9.59 Å². The van der Waals surface area contributed by atoms with Crippen molar-refractivity contribution in [2.24, 2.45) is 11.7 Å². The van der Waals surface area contributed by atoms with Crippen molar-refractivity contribution in [3.63, 3.8) is 0 Å². The van der Waals surface area contributed by atoms with Gasteiger partial charge in [0.05, 0.1) is 0 Å². The fourth-order valence-corrected chi connectivity index (χ4v) is 1.21. The minimum absolute atomic E-state index is 0.0829. The number of hydrogen-bond donors (Lipinski definition) is 1. The van der Waals surface area contributed by atoms with E-state index in [1.807, 2.05) is 13.8 Å². The molecule has 0 bridgehead atoms. The van der Waals surface area contributed by atoms with Crippen LogP contribution in [0.1, 0.15) is 27.2 Å². The highest BCUT2D eigenvalue weighted by Gasteiger charge is 2.34. The van der Waals surface area contributed by atoms with Crippen molar-refractivity contribution in [1.29, 1.82) is 0 Å². The van der Waals surface area contributed by atoms with Crippen LogP contribution in [0.2, 0.25) is 0 Å². The molecule has 76 valence electrons. The zero-order valence-corrected chi connectivity index (χ0v) is 8.54. The highest BCUT2D eigenvalue weighted by molar-refractivity contribution is 6.03. The summed E-state index contributed by atoms with van der Waals surface area (Å²) in [6, 6.07) is 0. The molecule has 1 rings (SSSR count). The third-order valence-electron chi connectivity index (χ3n) is 1.82. The summed E-state index contributed by atoms with van der Waals surface area (Å²) in [6.45, 7) is 6.48. The molecule has 1 aliphatic rings. The van der Waals surface area contributed by atoms with Gasteiger partial charge >= 0.3 is 0 Å². The minimum atomic E-state index is -0.144. The van der Waals surface area contributed by atoms with Crippen LogP contribution in [0, 0.1) is 5.92 Å². The number of carbonyl (C=O) groups excluding carboxylic acids is 2. The Bertz CT molecular complexity index is 192. The Kier molecular flexibility index (Phi) is 5.30. The lowest BCUT2D eigenvalue weighted by Gasteiger charge is -2.11. The Balaban J connectivity index is 0.000000671. The number of carbonyl (C=O) groups is 2. The monoisotopic (exact) mass is 186 g/mol. The molecular weight excluding hydrogens is 168 g/mol. The summed E-state index contributed by atoms with van der Waals surface area (Å²) >= 11 is 0. The Morgan fingerprint density at radius 1 is 1.46 bits per heavy atom. The zero-order valence-electron chi connectivity index (χ0n) is 8.54. The van der Waals surface area contributed by atoms with E-state index in [9.17, 15) is 9.59 Å². The highest BCUT2D eigenvalue weighted by atomic mass is 16.2. The maximum atomic E-state index is 11.2. The van der Waals surface area contributed by atoms with Gasteiger partial charge in [-0.3, -0.25) is 14.5 Å². The van der Waals surface area contributed by atoms with Crippen LogP contribution in [0.3, 0.4) is 0 Å². The summed E-state index contributed by atoms with van der Waals surface area (Å²) in [5.74, 6) is -0.317. The van der Waals surface area contributed by atoms with E-state index in [0.29, 0.717) is 19.5 Å². The van der Waals surface area contributed by atoms with Crippen molar-refractivity contribution in [1.82, 2.24) is 4.90 Å². The van der Waals surface area contributed by atoms with Gasteiger partial charge < -0.3 is 5.73 Å². The smallest absolute Gasteiger partial charge is 0.232 e. The molecule has 1 unspecified atom stereocenters. The molecule has 2 amide bonds. The molecule has 1 fully saturated rings. The first-order valence-corrected chi connectivity index (χ1v) is 4.71. The van der Waals surface area contributed by atoms with Crippen molar-refractivity contribution in [3.05, 3.63) is 0 Å². The molecule has 0 aliphatic carbocycles. The van der Waals surface area contributed by atoms with Gasteiger partial charge in [-0.25, -0.2) is 0 Å². The molecule has 4 nitrogen and oxygen atoms in total. The quantitative estimate of drug-likeness (QED) is 0.633. The molecule has 1 saturated heterocycles. The van der Waals surface area contributed by atoms with Gasteiger partial charge in [0.25, 0.3) is 0 Å². The van der Waals surface area contributed by atoms with Gasteiger partial charge in [-0.1, -0.05) is 20.8 Å². The second kappa shape index (κ2) is 5.70. The average Bonchev–Trinajstić information content (AvgIpc) is 2.36. The third-order valence-corrected chi connectivity index (χ3v) is 1.82. The Morgan fingerprint density at radius 3 is 2.31 bits per heavy atom. The van der Waals surface area contributed by atoms with Gasteiger partial charge in [-0.05, 0) is 0 Å². The standard InChI is InChI=1S/C7H12N2O2.C2H6/c1-5-4-6(10)9(3-2-8)7(5)11;1-2/h5H,2-4,8H2,1H3;1-2H3. The van der Waals surface area contributed by atoms with E-state index >= 15 is 0 Å². The molecule has 0 aromatic carbocycles. The minimum Gasteiger partial charge on any atom is -0.329 e. The lowest BCUT2D eigenvalue weighted by Crippen LogP contribution is -2.34. The van der Waals surface area contributed by atoms with Gasteiger partial charge in [0.2, 0.25) is 11.8 Å². The van der Waals surface area contributed by atoms with Crippen molar-refractivity contribution >= 4 is 11.8 Å². The summed E-state index contributed by atoms with van der Waals surface area (Å²) in [5, 5.41) is 0. The summed E-state index contributed by atoms with van der Waals surface area (Å²) in [7, 11) is 0. The highest BCUT2D eigenvalue weighted by Crippen LogP contribution is 2.17. The zero-order chi connectivity index (χ0) is 10.4. The molecule has 2 N–H and O–H groups in total. The Hall–Kier alpha value is -0.900. The van der Waals surface area contributed by atoms with Crippen LogP contribution in [-0.2, 0) is 9.59 Å². The lowest BCUT2D eigenvalue weighted by atomic mass is 10.1. The second-order valence-corrected chi connectivity index (χ2v) is 2.78. The van der Waals surface area contributed by atoms with E-state index in [1.54, 1.807) is 6.92 Å². The Labute approximate surface area is 79.1 Å². The van der Waals surface area contributed by atoms with Crippen LogP contribution >= 0.6 is 0 Å². The first kappa shape index (κ1) is 12.1. The molecule has 4 heteroatoms. The predicted molar refractivity (Wildman–Crippen MR) is 50.9 cm³/mol. The van der Waals surface area contributed by atoms with Gasteiger partial charge in [0.15, 0.2) is 0 Å². The van der Waals surface area contributed by atoms with E-state index in [0.717, 1.165) is 0 Å². The molecule has 0 aromatic rings. The number of nitrogens with zero attached hydrogens (tertiary/aromatic N) is 1. The van der Waals surface area contributed by atoms with Gasteiger partial charge in [0, 0.05) is 25.4 Å². The SMILES string of the molecule is CC.CC1CC(=O)N(CCN)C1=O. The second-order valence-electron chi connectivity index (χ2n) is 2.78. The molecule has 0 radical (unpaired) electrons. The molecular formula is C9H18N2O2. The molecule has 0 aromatic heterocycles. The first-order valence-electron chi connectivity index (χ1n) is 4.71. The molecule has 13 heavy (non-hydrogen) atoms. The van der Waals surface area contributed by atoms with E-state index in [-0.39, 0.29) is 17.7 Å². The number of rotatable bonds is 2. The average molecular weight is 186 g/mol. The first-order chi connectivity index (χ1) is 6.16. The van der Waals surface area contributed by atoms with E-state index < -0.39 is 0 Å². The maximum absolute atomic E-state index is 11.2. The van der Waals surface area contributed by atoms with Crippen molar-refractivity contribution in [3.8, 4) is 0 Å². The summed E-state index contributed by atoms with van der Waals surface area (Å²) in [6.07, 6.45) is 0.346. The predicted octanol–water partition coefficient (Wildman–Crippen LogP) is 0.366. The number of hydrogen-bond acceptors (Lipinski definition) is 3. The number of imide groups is 1. The molecule has 0 spiro atoms. The normalized spacial score (nSPS) is 21.5. The fraction of sp³-hybridized carbons (Fsp3) is 0.778. The van der Waals surface area contributed by atoms with E-state index in [2.05, 4.69) is 0 Å². The molecule has 1 atom stereocenters. The van der Waals surface area contributed by atoms with Gasteiger partial charge in [0.1, 0.15) is 0 Å². The van der Waals surface area contributed by atoms with Crippen LogP contribution in [-0.4, -0.2) is 29.8 Å². The molecule has 0 saturated carbocycles. The molecule has 1 aliphatic heterocycles. The topological polar surface area (TPSA) is 63.4 Å². The van der Waals surface area contributed by atoms with Crippen LogP contribution in [0.4, 0.5) is 0 Å². The van der Waals surface area contributed by atoms with E-state index in [1.165, 1.54) is 4.90 Å². The Morgan fingerprint density at radius 2 is 2.00 bits per heavy atom. The van der Waals surface area contributed by atoms with E-state index in [4.69, 9.17) is 5.73 Å². The number of likely N-dealkylation sites (tertiary alicyclic amines) is 1. The van der Waals surface area contributed by atoms with Gasteiger partial charge in [-0.15, -0.1) is 0 Å². The largest absolute Gasteiger partial charge is 0.329 e. The molecule has 1 heterocycles. The summed E-state index contributed by atoms with van der Waals surface area (Å²) in [5.41, 5.74) is 5.23. The number of amides is 2. The van der Waals surface area contributed by atoms with Crippen LogP contribution in [0.25, 0.3) is 0 Å². The fourth-order valence-electron chi connectivity index (χ4n) is 1.21. The third kappa shape index (κ3) is 2.81. The number of nitrogens with two attached hydrogens (primary N) is 1. The summed E-state index contributed by atoms with van der Waals surface area (Å²) in [4.78, 5) is 23.4. The van der Waals surface area contributed by atoms with Crippen LogP contribution in [0.15, 0.2) is 0 Å². The van der Waals surface area contributed by atoms with Crippen LogP contribution < -0.4 is 5.73 Å². The van der Waals surface area contributed by atoms with Crippen molar-refractivity contribution in [2.75, 3.05) is 13.1 Å².